The Morgan fingerprint density at radius 1 is 1.17 bits per heavy atom. The van der Waals surface area contributed by atoms with E-state index >= 15 is 0 Å². The SMILES string of the molecule is C=CC(=O)N1CCCC(n2c(-c3cccc(C(F)(F)F)c3)nc3ccccc32)C1. The summed E-state index contributed by atoms with van der Waals surface area (Å²) >= 11 is 0. The second-order valence-electron chi connectivity index (χ2n) is 7.16. The van der Waals surface area contributed by atoms with Crippen molar-refractivity contribution in [2.45, 2.75) is 25.1 Å². The molecular weight excluding hydrogens is 379 g/mol. The lowest BCUT2D eigenvalue weighted by Gasteiger charge is -2.34. The number of para-hydroxylation sites is 2. The van der Waals surface area contributed by atoms with E-state index in [2.05, 4.69) is 11.6 Å². The van der Waals surface area contributed by atoms with Crippen LogP contribution in [0.1, 0.15) is 24.4 Å². The van der Waals surface area contributed by atoms with E-state index in [1.54, 1.807) is 11.0 Å². The van der Waals surface area contributed by atoms with E-state index in [9.17, 15) is 18.0 Å². The number of rotatable bonds is 3. The standard InChI is InChI=1S/C22H20F3N3O/c1-2-20(29)27-12-6-9-17(14-27)28-19-11-4-3-10-18(19)26-21(28)15-7-5-8-16(13-15)22(23,24)25/h2-5,7-8,10-11,13,17H,1,6,9,12,14H2. The Labute approximate surface area is 166 Å². The second-order valence-corrected chi connectivity index (χ2v) is 7.16. The Balaban J connectivity index is 1.84. The summed E-state index contributed by atoms with van der Waals surface area (Å²) in [5, 5.41) is 0. The largest absolute Gasteiger partial charge is 0.416 e. The molecule has 2 heterocycles. The van der Waals surface area contributed by atoms with E-state index in [0.29, 0.717) is 30.0 Å². The number of nitrogens with zero attached hydrogens (tertiary/aromatic N) is 3. The maximum Gasteiger partial charge on any atom is 0.416 e. The predicted molar refractivity (Wildman–Crippen MR) is 105 cm³/mol. The highest BCUT2D eigenvalue weighted by Crippen LogP contribution is 2.36. The summed E-state index contributed by atoms with van der Waals surface area (Å²) in [5.74, 6) is 0.343. The van der Waals surface area contributed by atoms with Crippen LogP contribution in [0.2, 0.25) is 0 Å². The molecule has 3 aromatic rings. The molecule has 0 bridgehead atoms. The first kappa shape index (κ1) is 19.2. The Morgan fingerprint density at radius 3 is 2.72 bits per heavy atom. The second kappa shape index (κ2) is 7.39. The van der Waals surface area contributed by atoms with Crippen molar-refractivity contribution in [2.24, 2.45) is 0 Å². The Morgan fingerprint density at radius 2 is 1.97 bits per heavy atom. The molecule has 1 amide bonds. The number of benzene rings is 2. The zero-order valence-corrected chi connectivity index (χ0v) is 15.7. The first-order valence-electron chi connectivity index (χ1n) is 9.44. The highest BCUT2D eigenvalue weighted by molar-refractivity contribution is 5.87. The van der Waals surface area contributed by atoms with Gasteiger partial charge in [0, 0.05) is 18.7 Å². The topological polar surface area (TPSA) is 38.1 Å². The van der Waals surface area contributed by atoms with Gasteiger partial charge in [-0.05, 0) is 43.2 Å². The molecule has 1 fully saturated rings. The molecule has 150 valence electrons. The molecule has 1 atom stereocenters. The molecule has 0 aliphatic carbocycles. The summed E-state index contributed by atoms with van der Waals surface area (Å²) in [5.41, 5.74) is 1.26. The van der Waals surface area contributed by atoms with Gasteiger partial charge in [-0.15, -0.1) is 0 Å². The van der Waals surface area contributed by atoms with Gasteiger partial charge in [-0.1, -0.05) is 30.8 Å². The van der Waals surface area contributed by atoms with Crippen molar-refractivity contribution >= 4 is 16.9 Å². The lowest BCUT2D eigenvalue weighted by molar-refractivity contribution is -0.137. The van der Waals surface area contributed by atoms with E-state index in [1.165, 1.54) is 12.1 Å². The lowest BCUT2D eigenvalue weighted by atomic mass is 10.0. The Bertz CT molecular complexity index is 1070. The first-order chi connectivity index (χ1) is 13.9. The third kappa shape index (κ3) is 3.64. The number of halogens is 3. The quantitative estimate of drug-likeness (QED) is 0.577. The molecule has 2 aromatic carbocycles. The number of carbonyl (C=O) groups is 1. The number of hydrogen-bond acceptors (Lipinski definition) is 2. The molecule has 4 rings (SSSR count). The van der Waals surface area contributed by atoms with Gasteiger partial charge >= 0.3 is 6.18 Å². The first-order valence-corrected chi connectivity index (χ1v) is 9.44. The van der Waals surface area contributed by atoms with Crippen LogP contribution < -0.4 is 0 Å². The maximum absolute atomic E-state index is 13.2. The van der Waals surface area contributed by atoms with Gasteiger partial charge in [-0.2, -0.15) is 13.2 Å². The molecule has 0 spiro atoms. The van der Waals surface area contributed by atoms with E-state index in [1.807, 2.05) is 28.8 Å². The fourth-order valence-corrected chi connectivity index (χ4v) is 3.95. The average molecular weight is 399 g/mol. The molecular formula is C22H20F3N3O. The third-order valence-corrected chi connectivity index (χ3v) is 5.29. The maximum atomic E-state index is 13.2. The highest BCUT2D eigenvalue weighted by Gasteiger charge is 2.32. The van der Waals surface area contributed by atoms with Crippen molar-refractivity contribution in [3.63, 3.8) is 0 Å². The fraction of sp³-hybridized carbons (Fsp3) is 0.273. The van der Waals surface area contributed by atoms with Gasteiger partial charge in [-0.3, -0.25) is 4.79 Å². The van der Waals surface area contributed by atoms with Crippen LogP contribution in [0, 0.1) is 0 Å². The number of carbonyl (C=O) groups excluding carboxylic acids is 1. The monoisotopic (exact) mass is 399 g/mol. The van der Waals surface area contributed by atoms with Crippen molar-refractivity contribution in [3.8, 4) is 11.4 Å². The van der Waals surface area contributed by atoms with Crippen LogP contribution in [0.3, 0.4) is 0 Å². The Kier molecular flexibility index (Phi) is 4.90. The summed E-state index contributed by atoms with van der Waals surface area (Å²) in [6, 6.07) is 12.6. The summed E-state index contributed by atoms with van der Waals surface area (Å²) in [6.07, 6.45) is -1.51. The lowest BCUT2D eigenvalue weighted by Crippen LogP contribution is -2.40. The van der Waals surface area contributed by atoms with Crippen molar-refractivity contribution in [1.82, 2.24) is 14.5 Å². The van der Waals surface area contributed by atoms with E-state index in [4.69, 9.17) is 0 Å². The predicted octanol–water partition coefficient (Wildman–Crippen LogP) is 5.07. The molecule has 1 aliphatic rings. The van der Waals surface area contributed by atoms with E-state index in [-0.39, 0.29) is 11.9 Å². The van der Waals surface area contributed by atoms with Gasteiger partial charge in [0.1, 0.15) is 5.82 Å². The number of amides is 1. The fourth-order valence-electron chi connectivity index (χ4n) is 3.95. The van der Waals surface area contributed by atoms with Crippen molar-refractivity contribution < 1.29 is 18.0 Å². The van der Waals surface area contributed by atoms with Gasteiger partial charge in [0.2, 0.25) is 5.91 Å². The van der Waals surface area contributed by atoms with Crippen LogP contribution in [0.15, 0.2) is 61.2 Å². The van der Waals surface area contributed by atoms with Crippen LogP contribution in [-0.4, -0.2) is 33.4 Å². The molecule has 0 N–H and O–H groups in total. The number of piperidine rings is 1. The van der Waals surface area contributed by atoms with Crippen LogP contribution in [0.25, 0.3) is 22.4 Å². The van der Waals surface area contributed by atoms with E-state index in [0.717, 1.165) is 30.5 Å². The molecule has 1 unspecified atom stereocenters. The molecule has 7 heteroatoms. The minimum atomic E-state index is -4.43. The zero-order valence-electron chi connectivity index (χ0n) is 15.7. The van der Waals surface area contributed by atoms with Gasteiger partial charge in [0.25, 0.3) is 0 Å². The number of alkyl halides is 3. The van der Waals surface area contributed by atoms with Crippen molar-refractivity contribution in [1.29, 1.82) is 0 Å². The summed E-state index contributed by atoms with van der Waals surface area (Å²) in [4.78, 5) is 18.5. The smallest absolute Gasteiger partial charge is 0.337 e. The normalized spacial score (nSPS) is 17.5. The minimum Gasteiger partial charge on any atom is -0.337 e. The van der Waals surface area contributed by atoms with Crippen LogP contribution in [0.5, 0.6) is 0 Å². The Hall–Kier alpha value is -3.09. The summed E-state index contributed by atoms with van der Waals surface area (Å²) in [6.45, 7) is 4.67. The molecule has 1 aliphatic heterocycles. The number of hydrogen-bond donors (Lipinski definition) is 0. The van der Waals surface area contributed by atoms with Gasteiger partial charge in [0.15, 0.2) is 0 Å². The van der Waals surface area contributed by atoms with Crippen molar-refractivity contribution in [2.75, 3.05) is 13.1 Å². The molecule has 4 nitrogen and oxygen atoms in total. The molecule has 0 radical (unpaired) electrons. The number of fused-ring (bicyclic) bond motifs is 1. The minimum absolute atomic E-state index is 0.0791. The molecule has 29 heavy (non-hydrogen) atoms. The average Bonchev–Trinajstić information content (AvgIpc) is 3.12. The van der Waals surface area contributed by atoms with Gasteiger partial charge in [0.05, 0.1) is 22.6 Å². The molecule has 0 saturated carbocycles. The summed E-state index contributed by atoms with van der Waals surface area (Å²) < 4.78 is 41.7. The van der Waals surface area contributed by atoms with Crippen LogP contribution >= 0.6 is 0 Å². The number of aromatic nitrogens is 2. The van der Waals surface area contributed by atoms with Gasteiger partial charge in [-0.25, -0.2) is 4.98 Å². The van der Waals surface area contributed by atoms with Crippen molar-refractivity contribution in [3.05, 3.63) is 66.7 Å². The number of imidazole rings is 1. The van der Waals surface area contributed by atoms with E-state index < -0.39 is 11.7 Å². The molecule has 1 aromatic heterocycles. The van der Waals surface area contributed by atoms with Crippen LogP contribution in [0.4, 0.5) is 13.2 Å². The summed E-state index contributed by atoms with van der Waals surface area (Å²) in [7, 11) is 0. The highest BCUT2D eigenvalue weighted by atomic mass is 19.4. The zero-order chi connectivity index (χ0) is 20.6. The third-order valence-electron chi connectivity index (χ3n) is 5.29. The van der Waals surface area contributed by atoms with Gasteiger partial charge < -0.3 is 9.47 Å². The number of likely N-dealkylation sites (tertiary alicyclic amines) is 1. The molecule has 1 saturated heterocycles. The van der Waals surface area contributed by atoms with Crippen LogP contribution in [-0.2, 0) is 11.0 Å².